The first-order chi connectivity index (χ1) is 13.5. The number of pyridine rings is 2. The molecule has 3 aromatic heterocycles. The van der Waals surface area contributed by atoms with Crippen LogP contribution in [-0.4, -0.2) is 21.8 Å². The number of benzene rings is 1. The molecule has 1 aromatic carbocycles. The molecule has 0 N–H and O–H groups in total. The molecular weight excluding hydrogens is 361 g/mol. The van der Waals surface area contributed by atoms with Crippen LogP contribution in [0.4, 0.5) is 4.39 Å². The molecule has 142 valence electrons. The van der Waals surface area contributed by atoms with Gasteiger partial charge in [-0.1, -0.05) is 5.16 Å². The van der Waals surface area contributed by atoms with Gasteiger partial charge in [-0.2, -0.15) is 0 Å². The molecule has 4 aromatic rings. The van der Waals surface area contributed by atoms with Crippen LogP contribution in [0.2, 0.25) is 0 Å². The Labute approximate surface area is 160 Å². The van der Waals surface area contributed by atoms with Crippen molar-refractivity contribution in [2.75, 3.05) is 7.11 Å². The number of rotatable bonds is 4. The zero-order valence-electron chi connectivity index (χ0n) is 15.7. The van der Waals surface area contributed by atoms with E-state index in [2.05, 4.69) is 10.1 Å². The average molecular weight is 379 g/mol. The maximum Gasteiger partial charge on any atom is 0.251 e. The SMILES string of the molecule is COc1cc2c(ccc(=O)n2Cc2ncccc2F)cc1-c1c(C)noc1C. The molecule has 0 fully saturated rings. The second kappa shape index (κ2) is 6.92. The second-order valence-electron chi connectivity index (χ2n) is 6.50. The van der Waals surface area contributed by atoms with Crippen molar-refractivity contribution in [3.8, 4) is 16.9 Å². The van der Waals surface area contributed by atoms with Gasteiger partial charge in [0.25, 0.3) is 5.56 Å². The minimum atomic E-state index is -0.453. The van der Waals surface area contributed by atoms with Crippen LogP contribution in [0.25, 0.3) is 22.0 Å². The van der Waals surface area contributed by atoms with E-state index in [1.54, 1.807) is 19.2 Å². The van der Waals surface area contributed by atoms with Crippen molar-refractivity contribution in [3.05, 3.63) is 75.9 Å². The maximum atomic E-state index is 14.1. The van der Waals surface area contributed by atoms with Crippen LogP contribution >= 0.6 is 0 Å². The minimum absolute atomic E-state index is 0.0245. The lowest BCUT2D eigenvalue weighted by Gasteiger charge is -2.14. The van der Waals surface area contributed by atoms with E-state index in [9.17, 15) is 9.18 Å². The summed E-state index contributed by atoms with van der Waals surface area (Å²) < 4.78 is 26.4. The van der Waals surface area contributed by atoms with Gasteiger partial charge >= 0.3 is 0 Å². The first kappa shape index (κ1) is 17.9. The van der Waals surface area contributed by atoms with Crippen molar-refractivity contribution in [3.63, 3.8) is 0 Å². The molecule has 0 unspecified atom stereocenters. The van der Waals surface area contributed by atoms with Gasteiger partial charge in [0.1, 0.15) is 17.3 Å². The van der Waals surface area contributed by atoms with E-state index < -0.39 is 5.82 Å². The number of nitrogens with zero attached hydrogens (tertiary/aromatic N) is 3. The monoisotopic (exact) mass is 379 g/mol. The fourth-order valence-electron chi connectivity index (χ4n) is 3.40. The summed E-state index contributed by atoms with van der Waals surface area (Å²) in [5.41, 5.74) is 3.01. The number of fused-ring (bicyclic) bond motifs is 1. The highest BCUT2D eigenvalue weighted by Crippen LogP contribution is 2.37. The third kappa shape index (κ3) is 2.94. The van der Waals surface area contributed by atoms with E-state index in [1.807, 2.05) is 19.9 Å². The van der Waals surface area contributed by atoms with Crippen LogP contribution in [-0.2, 0) is 6.54 Å². The highest BCUT2D eigenvalue weighted by molar-refractivity contribution is 5.89. The van der Waals surface area contributed by atoms with Gasteiger partial charge in [-0.15, -0.1) is 0 Å². The minimum Gasteiger partial charge on any atom is -0.496 e. The predicted molar refractivity (Wildman–Crippen MR) is 103 cm³/mol. The van der Waals surface area contributed by atoms with Crippen molar-refractivity contribution in [1.29, 1.82) is 0 Å². The molecule has 4 rings (SSSR count). The topological polar surface area (TPSA) is 70.2 Å². The van der Waals surface area contributed by atoms with Crippen molar-refractivity contribution in [2.45, 2.75) is 20.4 Å². The molecule has 28 heavy (non-hydrogen) atoms. The standard InChI is InChI=1S/C21H18FN3O3/c1-12-21(13(2)28-24-12)15-9-14-6-7-20(26)25(18(14)10-19(15)27-3)11-17-16(22)5-4-8-23-17/h4-10H,11H2,1-3H3. The summed E-state index contributed by atoms with van der Waals surface area (Å²) in [5.74, 6) is 0.799. The third-order valence-corrected chi connectivity index (χ3v) is 4.76. The Morgan fingerprint density at radius 1 is 1.21 bits per heavy atom. The number of methoxy groups -OCH3 is 1. The normalized spacial score (nSPS) is 11.1. The summed E-state index contributed by atoms with van der Waals surface area (Å²) in [5, 5.41) is 4.82. The lowest BCUT2D eigenvalue weighted by Crippen LogP contribution is -2.21. The summed E-state index contributed by atoms with van der Waals surface area (Å²) in [4.78, 5) is 16.6. The third-order valence-electron chi connectivity index (χ3n) is 4.76. The fraction of sp³-hybridized carbons (Fsp3) is 0.190. The largest absolute Gasteiger partial charge is 0.496 e. The molecule has 0 saturated heterocycles. The summed E-state index contributed by atoms with van der Waals surface area (Å²) in [6, 6.07) is 9.75. The van der Waals surface area contributed by atoms with E-state index in [1.165, 1.54) is 29.0 Å². The first-order valence-corrected chi connectivity index (χ1v) is 8.74. The lowest BCUT2D eigenvalue weighted by atomic mass is 10.0. The molecule has 0 atom stereocenters. The van der Waals surface area contributed by atoms with Gasteiger partial charge in [-0.05, 0) is 43.5 Å². The highest BCUT2D eigenvalue weighted by Gasteiger charge is 2.18. The number of halogens is 1. The summed E-state index contributed by atoms with van der Waals surface area (Å²) in [7, 11) is 1.56. The van der Waals surface area contributed by atoms with Crippen LogP contribution in [0.3, 0.4) is 0 Å². The Hall–Kier alpha value is -3.48. The quantitative estimate of drug-likeness (QED) is 0.538. The fourth-order valence-corrected chi connectivity index (χ4v) is 3.40. The molecule has 0 aliphatic rings. The maximum absolute atomic E-state index is 14.1. The van der Waals surface area contributed by atoms with Crippen molar-refractivity contribution >= 4 is 10.9 Å². The zero-order valence-corrected chi connectivity index (χ0v) is 15.7. The number of aryl methyl sites for hydroxylation is 2. The summed E-state index contributed by atoms with van der Waals surface area (Å²) in [6.07, 6.45) is 1.50. The molecule has 0 radical (unpaired) electrons. The molecule has 0 bridgehead atoms. The summed E-state index contributed by atoms with van der Waals surface area (Å²) in [6.45, 7) is 3.72. The van der Waals surface area contributed by atoms with E-state index in [0.717, 1.165) is 22.2 Å². The van der Waals surface area contributed by atoms with E-state index >= 15 is 0 Å². The number of ether oxygens (including phenoxy) is 1. The highest BCUT2D eigenvalue weighted by atomic mass is 19.1. The van der Waals surface area contributed by atoms with E-state index in [4.69, 9.17) is 9.26 Å². The van der Waals surface area contributed by atoms with Gasteiger partial charge in [0.15, 0.2) is 0 Å². The number of hydrogen-bond donors (Lipinski definition) is 0. The first-order valence-electron chi connectivity index (χ1n) is 8.74. The molecule has 0 amide bonds. The van der Waals surface area contributed by atoms with Crippen LogP contribution in [0, 0.1) is 19.7 Å². The van der Waals surface area contributed by atoms with Gasteiger partial charge in [0.05, 0.1) is 36.1 Å². The molecule has 6 nitrogen and oxygen atoms in total. The van der Waals surface area contributed by atoms with Crippen LogP contribution < -0.4 is 10.3 Å². The van der Waals surface area contributed by atoms with Crippen molar-refractivity contribution in [1.82, 2.24) is 14.7 Å². The molecule has 7 heteroatoms. The predicted octanol–water partition coefficient (Wildman–Crippen LogP) is 3.86. The molecule has 3 heterocycles. The Kier molecular flexibility index (Phi) is 4.43. The summed E-state index contributed by atoms with van der Waals surface area (Å²) >= 11 is 0. The molecular formula is C21H18FN3O3. The number of aromatic nitrogens is 3. The molecule has 0 aliphatic carbocycles. The van der Waals surface area contributed by atoms with E-state index in [-0.39, 0.29) is 17.8 Å². The van der Waals surface area contributed by atoms with Gasteiger partial charge < -0.3 is 13.8 Å². The van der Waals surface area contributed by atoms with Gasteiger partial charge in [-0.3, -0.25) is 9.78 Å². The van der Waals surface area contributed by atoms with Crippen LogP contribution in [0.1, 0.15) is 17.1 Å². The Morgan fingerprint density at radius 3 is 2.71 bits per heavy atom. The molecule has 0 saturated carbocycles. The van der Waals surface area contributed by atoms with Gasteiger partial charge in [0.2, 0.25) is 0 Å². The smallest absolute Gasteiger partial charge is 0.251 e. The van der Waals surface area contributed by atoms with Gasteiger partial charge in [0, 0.05) is 23.9 Å². The van der Waals surface area contributed by atoms with Crippen molar-refractivity contribution < 1.29 is 13.7 Å². The van der Waals surface area contributed by atoms with Crippen molar-refractivity contribution in [2.24, 2.45) is 0 Å². The zero-order chi connectivity index (χ0) is 19.8. The lowest BCUT2D eigenvalue weighted by molar-refractivity contribution is 0.393. The average Bonchev–Trinajstić information content (AvgIpc) is 3.02. The van der Waals surface area contributed by atoms with Crippen LogP contribution in [0.5, 0.6) is 5.75 Å². The second-order valence-corrected chi connectivity index (χ2v) is 6.50. The number of hydrogen-bond acceptors (Lipinski definition) is 5. The van der Waals surface area contributed by atoms with Crippen LogP contribution in [0.15, 0.2) is 51.9 Å². The van der Waals surface area contributed by atoms with Gasteiger partial charge in [-0.25, -0.2) is 4.39 Å². The van der Waals surface area contributed by atoms with E-state index in [0.29, 0.717) is 17.0 Å². The Balaban J connectivity index is 1.95. The Bertz CT molecular complexity index is 1220. The Morgan fingerprint density at radius 2 is 2.04 bits per heavy atom. The molecule has 0 spiro atoms. The molecule has 0 aliphatic heterocycles.